The molecule has 0 aliphatic heterocycles. The predicted molar refractivity (Wildman–Crippen MR) is 81.0 cm³/mol. The maximum absolute atomic E-state index is 13.7. The highest BCUT2D eigenvalue weighted by atomic mass is 127. The van der Waals surface area contributed by atoms with Crippen LogP contribution in [-0.2, 0) is 6.42 Å². The third-order valence-electron chi connectivity index (χ3n) is 3.06. The molecule has 1 atom stereocenters. The number of benzene rings is 2. The van der Waals surface area contributed by atoms with E-state index in [1.165, 1.54) is 6.07 Å². The van der Waals surface area contributed by atoms with Crippen molar-refractivity contribution in [1.29, 1.82) is 0 Å². The van der Waals surface area contributed by atoms with Crippen LogP contribution in [0.5, 0.6) is 0 Å². The average Bonchev–Trinajstić information content (AvgIpc) is 2.40. The fraction of sp³-hybridized carbons (Fsp3) is 0.200. The van der Waals surface area contributed by atoms with Crippen LogP contribution in [0.15, 0.2) is 42.5 Å². The van der Waals surface area contributed by atoms with Gasteiger partial charge in [0.15, 0.2) is 11.6 Å². The first-order valence-corrected chi connectivity index (χ1v) is 7.05. The lowest BCUT2D eigenvalue weighted by molar-refractivity contribution is 0.487. The molecule has 0 aliphatic rings. The zero-order valence-corrected chi connectivity index (χ0v) is 12.6. The van der Waals surface area contributed by atoms with Crippen molar-refractivity contribution >= 4 is 22.6 Å². The van der Waals surface area contributed by atoms with Crippen LogP contribution in [0.2, 0.25) is 0 Å². The van der Waals surface area contributed by atoms with E-state index in [2.05, 4.69) is 27.9 Å². The van der Waals surface area contributed by atoms with Gasteiger partial charge in [-0.25, -0.2) is 8.78 Å². The molecule has 0 aliphatic carbocycles. The summed E-state index contributed by atoms with van der Waals surface area (Å²) in [5.74, 6) is -1.55. The van der Waals surface area contributed by atoms with Gasteiger partial charge in [-0.05, 0) is 65.4 Å². The molecule has 0 saturated heterocycles. The van der Waals surface area contributed by atoms with Crippen molar-refractivity contribution in [3.8, 4) is 0 Å². The summed E-state index contributed by atoms with van der Waals surface area (Å²) >= 11 is 2.24. The van der Waals surface area contributed by atoms with Gasteiger partial charge in [0.2, 0.25) is 0 Å². The molecule has 0 spiro atoms. The molecule has 0 saturated carbocycles. The summed E-state index contributed by atoms with van der Waals surface area (Å²) in [4.78, 5) is 0. The van der Waals surface area contributed by atoms with E-state index < -0.39 is 11.6 Å². The Morgan fingerprint density at radius 1 is 1.16 bits per heavy atom. The van der Waals surface area contributed by atoms with E-state index in [0.717, 1.165) is 15.2 Å². The van der Waals surface area contributed by atoms with Gasteiger partial charge in [-0.3, -0.25) is 0 Å². The minimum absolute atomic E-state index is 0.0361. The van der Waals surface area contributed by atoms with E-state index in [-0.39, 0.29) is 6.04 Å². The van der Waals surface area contributed by atoms with Crippen LogP contribution in [0.3, 0.4) is 0 Å². The Bertz CT molecular complexity index is 572. The van der Waals surface area contributed by atoms with Gasteiger partial charge in [-0.15, -0.1) is 0 Å². The van der Waals surface area contributed by atoms with Crippen molar-refractivity contribution in [2.45, 2.75) is 12.5 Å². The largest absolute Gasteiger partial charge is 0.313 e. The highest BCUT2D eigenvalue weighted by Crippen LogP contribution is 2.22. The molecule has 0 aromatic heterocycles. The third kappa shape index (κ3) is 3.51. The quantitative estimate of drug-likeness (QED) is 0.797. The van der Waals surface area contributed by atoms with Crippen molar-refractivity contribution in [1.82, 2.24) is 5.32 Å². The molecule has 100 valence electrons. The molecular weight excluding hydrogens is 359 g/mol. The minimum atomic E-state index is -0.796. The molecule has 0 amide bonds. The van der Waals surface area contributed by atoms with Gasteiger partial charge in [0, 0.05) is 9.61 Å². The molecule has 4 heteroatoms. The van der Waals surface area contributed by atoms with Crippen LogP contribution in [-0.4, -0.2) is 7.05 Å². The second kappa shape index (κ2) is 6.43. The SMILES string of the molecule is CNC(Cc1cccc(F)c1F)c1cccc(I)c1. The number of halogens is 3. The third-order valence-corrected chi connectivity index (χ3v) is 3.73. The minimum Gasteiger partial charge on any atom is -0.313 e. The monoisotopic (exact) mass is 373 g/mol. The highest BCUT2D eigenvalue weighted by Gasteiger charge is 2.15. The Morgan fingerprint density at radius 3 is 2.58 bits per heavy atom. The van der Waals surface area contributed by atoms with E-state index in [4.69, 9.17) is 0 Å². The Morgan fingerprint density at radius 2 is 1.89 bits per heavy atom. The predicted octanol–water partition coefficient (Wildman–Crippen LogP) is 4.07. The molecule has 19 heavy (non-hydrogen) atoms. The molecule has 2 rings (SSSR count). The Labute approximate surface area is 125 Å². The Balaban J connectivity index is 2.26. The molecule has 1 N–H and O–H groups in total. The lowest BCUT2D eigenvalue weighted by atomic mass is 9.98. The Kier molecular flexibility index (Phi) is 4.87. The van der Waals surface area contributed by atoms with Gasteiger partial charge in [0.1, 0.15) is 0 Å². The van der Waals surface area contributed by atoms with E-state index in [9.17, 15) is 8.78 Å². The summed E-state index contributed by atoms with van der Waals surface area (Å²) in [6, 6.07) is 12.2. The molecule has 0 bridgehead atoms. The molecule has 0 heterocycles. The van der Waals surface area contributed by atoms with Gasteiger partial charge >= 0.3 is 0 Å². The molecule has 2 aromatic carbocycles. The molecule has 0 fully saturated rings. The maximum Gasteiger partial charge on any atom is 0.162 e. The molecule has 1 nitrogen and oxygen atoms in total. The van der Waals surface area contributed by atoms with Gasteiger partial charge < -0.3 is 5.32 Å². The molecule has 2 aromatic rings. The number of nitrogens with one attached hydrogen (secondary N) is 1. The van der Waals surface area contributed by atoms with Crippen molar-refractivity contribution in [2.75, 3.05) is 7.05 Å². The summed E-state index contributed by atoms with van der Waals surface area (Å²) in [5, 5.41) is 3.15. The highest BCUT2D eigenvalue weighted by molar-refractivity contribution is 14.1. The van der Waals surface area contributed by atoms with Crippen molar-refractivity contribution in [3.63, 3.8) is 0 Å². The first-order valence-electron chi connectivity index (χ1n) is 5.97. The van der Waals surface area contributed by atoms with Crippen LogP contribution < -0.4 is 5.32 Å². The fourth-order valence-corrected chi connectivity index (χ4v) is 2.60. The standard InChI is InChI=1S/C15H14F2IN/c1-19-14(10-4-2-6-12(18)8-10)9-11-5-3-7-13(16)15(11)17/h2-8,14,19H,9H2,1H3. The Hall–Kier alpha value is -1.01. The first-order chi connectivity index (χ1) is 9.11. The van der Waals surface area contributed by atoms with Crippen LogP contribution in [0.4, 0.5) is 8.78 Å². The lowest BCUT2D eigenvalue weighted by Gasteiger charge is -2.17. The number of hydrogen-bond acceptors (Lipinski definition) is 1. The molecular formula is C15H14F2IN. The van der Waals surface area contributed by atoms with Gasteiger partial charge in [0.25, 0.3) is 0 Å². The summed E-state index contributed by atoms with van der Waals surface area (Å²) in [7, 11) is 1.82. The van der Waals surface area contributed by atoms with Crippen molar-refractivity contribution in [2.24, 2.45) is 0 Å². The summed E-state index contributed by atoms with van der Waals surface area (Å²) in [6.45, 7) is 0. The van der Waals surface area contributed by atoms with E-state index in [1.807, 2.05) is 31.3 Å². The van der Waals surface area contributed by atoms with Gasteiger partial charge in [0.05, 0.1) is 0 Å². The topological polar surface area (TPSA) is 12.0 Å². The van der Waals surface area contributed by atoms with Crippen LogP contribution >= 0.6 is 22.6 Å². The molecule has 1 unspecified atom stereocenters. The molecule has 0 radical (unpaired) electrons. The van der Waals surface area contributed by atoms with Crippen molar-refractivity contribution < 1.29 is 8.78 Å². The lowest BCUT2D eigenvalue weighted by Crippen LogP contribution is -2.19. The van der Waals surface area contributed by atoms with Gasteiger partial charge in [-0.2, -0.15) is 0 Å². The zero-order valence-electron chi connectivity index (χ0n) is 10.5. The average molecular weight is 373 g/mol. The zero-order chi connectivity index (χ0) is 13.8. The summed E-state index contributed by atoms with van der Waals surface area (Å²) in [5.41, 5.74) is 1.45. The fourth-order valence-electron chi connectivity index (χ4n) is 2.04. The van der Waals surface area contributed by atoms with Gasteiger partial charge in [-0.1, -0.05) is 24.3 Å². The van der Waals surface area contributed by atoms with Crippen LogP contribution in [0, 0.1) is 15.2 Å². The smallest absolute Gasteiger partial charge is 0.162 e. The first kappa shape index (κ1) is 14.4. The van der Waals surface area contributed by atoms with Crippen LogP contribution in [0.1, 0.15) is 17.2 Å². The normalized spacial score (nSPS) is 12.4. The number of rotatable bonds is 4. The second-order valence-corrected chi connectivity index (χ2v) is 5.56. The summed E-state index contributed by atoms with van der Waals surface area (Å²) in [6.07, 6.45) is 0.417. The van der Waals surface area contributed by atoms with Crippen LogP contribution in [0.25, 0.3) is 0 Å². The maximum atomic E-state index is 13.7. The number of hydrogen-bond donors (Lipinski definition) is 1. The number of likely N-dealkylation sites (N-methyl/N-ethyl adjacent to an activating group) is 1. The summed E-state index contributed by atoms with van der Waals surface area (Å²) < 4.78 is 28.0. The van der Waals surface area contributed by atoms with E-state index in [1.54, 1.807) is 6.07 Å². The van der Waals surface area contributed by atoms with Crippen molar-refractivity contribution in [3.05, 3.63) is 68.8 Å². The van der Waals surface area contributed by atoms with E-state index in [0.29, 0.717) is 12.0 Å². The van der Waals surface area contributed by atoms with E-state index >= 15 is 0 Å². The second-order valence-electron chi connectivity index (χ2n) is 4.31.